The van der Waals surface area contributed by atoms with Crippen molar-refractivity contribution in [2.75, 3.05) is 0 Å². The van der Waals surface area contributed by atoms with Crippen LogP contribution in [0, 0.1) is 11.3 Å². The Morgan fingerprint density at radius 2 is 2.19 bits per heavy atom. The Kier molecular flexibility index (Phi) is 3.73. The first-order valence-corrected chi connectivity index (χ1v) is 8.54. The van der Waals surface area contributed by atoms with Gasteiger partial charge in [0.15, 0.2) is 5.78 Å². The Bertz CT molecular complexity index is 632. The number of phenolic OH excluding ortho intramolecular Hbond substituents is 1. The Morgan fingerprint density at radius 1 is 1.43 bits per heavy atom. The summed E-state index contributed by atoms with van der Waals surface area (Å²) < 4.78 is 0.788. The van der Waals surface area contributed by atoms with E-state index in [0.717, 1.165) is 41.3 Å². The normalized spacial score (nSPS) is 27.3. The molecule has 0 heterocycles. The van der Waals surface area contributed by atoms with Gasteiger partial charge in [-0.15, -0.1) is 0 Å². The van der Waals surface area contributed by atoms with Gasteiger partial charge in [-0.3, -0.25) is 4.79 Å². The third-order valence-electron chi connectivity index (χ3n) is 5.27. The summed E-state index contributed by atoms with van der Waals surface area (Å²) in [7, 11) is 0. The molecular weight excluding hydrogens is 328 g/mol. The fourth-order valence-electron chi connectivity index (χ4n) is 4.07. The molecule has 2 nitrogen and oxygen atoms in total. The van der Waals surface area contributed by atoms with Crippen LogP contribution in [0.15, 0.2) is 22.7 Å². The molecule has 112 valence electrons. The summed E-state index contributed by atoms with van der Waals surface area (Å²) in [4.78, 5) is 12.1. The molecule has 0 saturated heterocycles. The molecule has 3 heteroatoms. The molecule has 0 aliphatic heterocycles. The van der Waals surface area contributed by atoms with Crippen LogP contribution in [-0.4, -0.2) is 10.9 Å². The van der Waals surface area contributed by atoms with Gasteiger partial charge in [-0.1, -0.05) is 32.8 Å². The average molecular weight is 349 g/mol. The zero-order valence-electron chi connectivity index (χ0n) is 12.6. The highest BCUT2D eigenvalue weighted by Gasteiger charge is 2.48. The molecule has 0 radical (unpaired) electrons. The molecular formula is C18H21BrO2. The molecule has 0 aromatic heterocycles. The number of aromatic hydroxyl groups is 1. The van der Waals surface area contributed by atoms with E-state index >= 15 is 0 Å². The van der Waals surface area contributed by atoms with Crippen LogP contribution in [0.1, 0.15) is 50.7 Å². The minimum atomic E-state index is 0.0104. The molecule has 1 aromatic carbocycles. The first-order chi connectivity index (χ1) is 9.99. The molecule has 0 bridgehead atoms. The van der Waals surface area contributed by atoms with Gasteiger partial charge in [-0.25, -0.2) is 0 Å². The Morgan fingerprint density at radius 3 is 2.90 bits per heavy atom. The number of fused-ring (bicyclic) bond motifs is 3. The van der Waals surface area contributed by atoms with Crippen LogP contribution in [0.2, 0.25) is 0 Å². The van der Waals surface area contributed by atoms with Crippen LogP contribution < -0.4 is 0 Å². The van der Waals surface area contributed by atoms with Crippen LogP contribution in [0.5, 0.6) is 5.75 Å². The number of halogens is 1. The monoisotopic (exact) mass is 348 g/mol. The van der Waals surface area contributed by atoms with Crippen molar-refractivity contribution in [1.82, 2.24) is 0 Å². The number of allylic oxidation sites excluding steroid dienone is 2. The van der Waals surface area contributed by atoms with E-state index in [1.807, 2.05) is 12.1 Å². The van der Waals surface area contributed by atoms with E-state index in [-0.39, 0.29) is 16.9 Å². The summed E-state index contributed by atoms with van der Waals surface area (Å²) >= 11 is 3.51. The van der Waals surface area contributed by atoms with Gasteiger partial charge in [0.25, 0.3) is 0 Å². The highest BCUT2D eigenvalue weighted by molar-refractivity contribution is 9.10. The summed E-state index contributed by atoms with van der Waals surface area (Å²) in [5, 5.41) is 9.93. The number of benzene rings is 1. The summed E-state index contributed by atoms with van der Waals surface area (Å²) in [6, 6.07) is 3.71. The van der Waals surface area contributed by atoms with Crippen LogP contribution in [0.3, 0.4) is 0 Å². The summed E-state index contributed by atoms with van der Waals surface area (Å²) in [6.07, 6.45) is 6.82. The third-order valence-corrected chi connectivity index (χ3v) is 6.16. The van der Waals surface area contributed by atoms with Gasteiger partial charge in [0.1, 0.15) is 5.75 Å². The van der Waals surface area contributed by atoms with Crippen molar-refractivity contribution in [3.8, 4) is 5.75 Å². The molecule has 3 rings (SSSR count). The summed E-state index contributed by atoms with van der Waals surface area (Å²) in [6.45, 7) is 4.45. The number of hydrogen-bond donors (Lipinski definition) is 1. The average Bonchev–Trinajstić information content (AvgIpc) is 2.80. The predicted octanol–water partition coefficient (Wildman–Crippen LogP) is 4.88. The van der Waals surface area contributed by atoms with E-state index in [1.54, 1.807) is 6.07 Å². The Hall–Kier alpha value is -1.09. The highest BCUT2D eigenvalue weighted by Crippen LogP contribution is 2.58. The number of phenols is 1. The van der Waals surface area contributed by atoms with Gasteiger partial charge in [0, 0.05) is 11.8 Å². The lowest BCUT2D eigenvalue weighted by atomic mass is 9.60. The molecule has 21 heavy (non-hydrogen) atoms. The van der Waals surface area contributed by atoms with Crippen LogP contribution in [0.25, 0.3) is 5.57 Å². The van der Waals surface area contributed by atoms with Gasteiger partial charge in [-0.2, -0.15) is 0 Å². The standard InChI is InChI=1S/C18H21BrO2/c1-3-4-7-18-10-12(20)9-15(18)13-5-6-16(21)17(19)14(13)8-11(18)2/h5-6,9,11,21H,3-4,7-8,10H2,1-2H3. The van der Waals surface area contributed by atoms with Crippen molar-refractivity contribution in [3.63, 3.8) is 0 Å². The van der Waals surface area contributed by atoms with Gasteiger partial charge >= 0.3 is 0 Å². The number of hydrogen-bond acceptors (Lipinski definition) is 2. The number of ketones is 1. The Labute approximate surface area is 134 Å². The number of rotatable bonds is 3. The van der Waals surface area contributed by atoms with Crippen molar-refractivity contribution < 1.29 is 9.90 Å². The molecule has 2 aliphatic rings. The second-order valence-corrected chi connectivity index (χ2v) is 7.28. The van der Waals surface area contributed by atoms with E-state index in [0.29, 0.717) is 12.3 Å². The second-order valence-electron chi connectivity index (χ2n) is 6.49. The largest absolute Gasteiger partial charge is 0.507 e. The van der Waals surface area contributed by atoms with Crippen LogP contribution in [0.4, 0.5) is 0 Å². The van der Waals surface area contributed by atoms with Crippen LogP contribution >= 0.6 is 15.9 Å². The minimum absolute atomic E-state index is 0.0104. The lowest BCUT2D eigenvalue weighted by Crippen LogP contribution is -2.34. The lowest BCUT2D eigenvalue weighted by Gasteiger charge is -2.43. The van der Waals surface area contributed by atoms with E-state index in [9.17, 15) is 9.90 Å². The first kappa shape index (κ1) is 14.8. The second kappa shape index (κ2) is 5.28. The van der Waals surface area contributed by atoms with Crippen molar-refractivity contribution in [1.29, 1.82) is 0 Å². The topological polar surface area (TPSA) is 37.3 Å². The summed E-state index contributed by atoms with van der Waals surface area (Å²) in [5.41, 5.74) is 3.52. The fraction of sp³-hybridized carbons (Fsp3) is 0.500. The van der Waals surface area contributed by atoms with Gasteiger partial charge in [0.05, 0.1) is 4.47 Å². The quantitative estimate of drug-likeness (QED) is 0.844. The molecule has 2 atom stereocenters. The number of carbonyl (C=O) groups is 1. The molecule has 2 unspecified atom stereocenters. The molecule has 0 amide bonds. The lowest BCUT2D eigenvalue weighted by molar-refractivity contribution is -0.115. The maximum atomic E-state index is 12.1. The SMILES string of the molecule is CCCCC12CC(=O)C=C1c1ccc(O)c(Br)c1CC2C. The summed E-state index contributed by atoms with van der Waals surface area (Å²) in [5.74, 6) is 0.962. The Balaban J connectivity index is 2.15. The minimum Gasteiger partial charge on any atom is -0.507 e. The molecule has 0 spiro atoms. The highest BCUT2D eigenvalue weighted by atomic mass is 79.9. The van der Waals surface area contributed by atoms with Crippen molar-refractivity contribution in [2.45, 2.75) is 46.0 Å². The van der Waals surface area contributed by atoms with Gasteiger partial charge < -0.3 is 5.11 Å². The zero-order valence-corrected chi connectivity index (χ0v) is 14.2. The molecule has 1 aromatic rings. The van der Waals surface area contributed by atoms with Gasteiger partial charge in [0.2, 0.25) is 0 Å². The molecule has 2 aliphatic carbocycles. The van der Waals surface area contributed by atoms with E-state index in [4.69, 9.17) is 0 Å². The third kappa shape index (κ3) is 2.17. The van der Waals surface area contributed by atoms with Crippen LogP contribution in [-0.2, 0) is 11.2 Å². The number of unbranched alkanes of at least 4 members (excludes halogenated alkanes) is 1. The molecule has 0 saturated carbocycles. The first-order valence-electron chi connectivity index (χ1n) is 7.75. The molecule has 0 fully saturated rings. The van der Waals surface area contributed by atoms with Gasteiger partial charge in [-0.05, 0) is 63.5 Å². The van der Waals surface area contributed by atoms with Crippen molar-refractivity contribution in [3.05, 3.63) is 33.8 Å². The number of carbonyl (C=O) groups excluding carboxylic acids is 1. The van der Waals surface area contributed by atoms with Crippen molar-refractivity contribution in [2.24, 2.45) is 11.3 Å². The maximum absolute atomic E-state index is 12.1. The molecule has 1 N–H and O–H groups in total. The van der Waals surface area contributed by atoms with E-state index in [1.165, 1.54) is 5.57 Å². The van der Waals surface area contributed by atoms with E-state index in [2.05, 4.69) is 29.8 Å². The maximum Gasteiger partial charge on any atom is 0.156 e. The zero-order chi connectivity index (χ0) is 15.2. The fourth-order valence-corrected chi connectivity index (χ4v) is 4.58. The van der Waals surface area contributed by atoms with E-state index < -0.39 is 0 Å². The predicted molar refractivity (Wildman–Crippen MR) is 88.2 cm³/mol. The van der Waals surface area contributed by atoms with Crippen molar-refractivity contribution >= 4 is 27.3 Å². The smallest absolute Gasteiger partial charge is 0.156 e.